The van der Waals surface area contributed by atoms with Crippen molar-refractivity contribution in [1.29, 1.82) is 0 Å². The predicted molar refractivity (Wildman–Crippen MR) is 131 cm³/mol. The molecule has 3 rings (SSSR count). The van der Waals surface area contributed by atoms with Gasteiger partial charge >= 0.3 is 5.97 Å². The van der Waals surface area contributed by atoms with E-state index in [0.717, 1.165) is 6.42 Å². The number of rotatable bonds is 9. The molecule has 0 bridgehead atoms. The minimum absolute atomic E-state index is 0.0599. The van der Waals surface area contributed by atoms with Gasteiger partial charge < -0.3 is 14.2 Å². The fourth-order valence-corrected chi connectivity index (χ4v) is 3.01. The minimum Gasteiger partial charge on any atom is -0.494 e. The molecule has 0 aliphatic carbocycles. The van der Waals surface area contributed by atoms with Crippen molar-refractivity contribution >= 4 is 5.97 Å². The summed E-state index contributed by atoms with van der Waals surface area (Å²) in [6, 6.07) is 12.2. The largest absolute Gasteiger partial charge is 0.494 e. The quantitative estimate of drug-likeness (QED) is 0.101. The molecular weight excluding hydrogens is 488 g/mol. The summed E-state index contributed by atoms with van der Waals surface area (Å²) in [5.74, 6) is -2.81. The standard InChI is InChI=1S/C29H26F4O4/c1-4-16-35-21-11-13-22(14-12-21)37-29(34)20-9-6-19(7-10-20)8-15-23-24(30)26(32)28(27(33)25(23)31)36-17-18(3)5-2/h6-7,9-14,18H,4-5,16-17H2,1-3H3/t18-/m0/s1. The first-order valence-corrected chi connectivity index (χ1v) is 11.8. The van der Waals surface area contributed by atoms with Gasteiger partial charge in [-0.1, -0.05) is 39.0 Å². The molecule has 194 valence electrons. The highest BCUT2D eigenvalue weighted by molar-refractivity contribution is 5.91. The van der Waals surface area contributed by atoms with Crippen molar-refractivity contribution in [3.63, 3.8) is 0 Å². The molecule has 0 aliphatic rings. The average Bonchev–Trinajstić information content (AvgIpc) is 2.91. The van der Waals surface area contributed by atoms with E-state index in [4.69, 9.17) is 14.2 Å². The van der Waals surface area contributed by atoms with E-state index in [1.807, 2.05) is 13.8 Å². The molecule has 3 aromatic carbocycles. The Morgan fingerprint density at radius 3 is 1.97 bits per heavy atom. The fourth-order valence-electron chi connectivity index (χ4n) is 3.01. The Bertz CT molecular complexity index is 1260. The maximum Gasteiger partial charge on any atom is 0.343 e. The van der Waals surface area contributed by atoms with Crippen LogP contribution in [0.3, 0.4) is 0 Å². The van der Waals surface area contributed by atoms with Gasteiger partial charge in [0.2, 0.25) is 11.6 Å². The number of carbonyl (C=O) groups excluding carboxylic acids is 1. The van der Waals surface area contributed by atoms with Crippen molar-refractivity contribution < 1.29 is 36.6 Å². The van der Waals surface area contributed by atoms with E-state index in [2.05, 4.69) is 11.8 Å². The van der Waals surface area contributed by atoms with Gasteiger partial charge in [0.1, 0.15) is 17.1 Å². The molecule has 0 spiro atoms. The molecule has 0 heterocycles. The topological polar surface area (TPSA) is 44.8 Å². The lowest BCUT2D eigenvalue weighted by Crippen LogP contribution is -2.12. The predicted octanol–water partition coefficient (Wildman–Crippen LogP) is 7.08. The van der Waals surface area contributed by atoms with E-state index >= 15 is 0 Å². The Morgan fingerprint density at radius 2 is 1.41 bits per heavy atom. The van der Waals surface area contributed by atoms with Crippen LogP contribution in [0.15, 0.2) is 48.5 Å². The van der Waals surface area contributed by atoms with Gasteiger partial charge in [-0.2, -0.15) is 8.78 Å². The normalized spacial score (nSPS) is 11.3. The summed E-state index contributed by atoms with van der Waals surface area (Å²) in [5, 5.41) is 0. The molecule has 4 nitrogen and oxygen atoms in total. The summed E-state index contributed by atoms with van der Waals surface area (Å²) >= 11 is 0. The number of hydrogen-bond acceptors (Lipinski definition) is 4. The van der Waals surface area contributed by atoms with Crippen molar-refractivity contribution in [2.45, 2.75) is 33.6 Å². The zero-order chi connectivity index (χ0) is 26.9. The van der Waals surface area contributed by atoms with Gasteiger partial charge in [-0.25, -0.2) is 13.6 Å². The second-order valence-corrected chi connectivity index (χ2v) is 8.32. The van der Waals surface area contributed by atoms with Crippen molar-refractivity contribution in [1.82, 2.24) is 0 Å². The first-order valence-electron chi connectivity index (χ1n) is 11.8. The molecule has 0 fully saturated rings. The highest BCUT2D eigenvalue weighted by Gasteiger charge is 2.26. The molecule has 37 heavy (non-hydrogen) atoms. The van der Waals surface area contributed by atoms with Crippen LogP contribution in [0.1, 0.15) is 55.1 Å². The lowest BCUT2D eigenvalue weighted by Gasteiger charge is -2.13. The fraction of sp³-hybridized carbons (Fsp3) is 0.276. The first kappa shape index (κ1) is 27.6. The second-order valence-electron chi connectivity index (χ2n) is 8.32. The van der Waals surface area contributed by atoms with E-state index < -0.39 is 40.6 Å². The van der Waals surface area contributed by atoms with Crippen molar-refractivity contribution in [2.24, 2.45) is 5.92 Å². The van der Waals surface area contributed by atoms with E-state index in [1.54, 1.807) is 31.2 Å². The van der Waals surface area contributed by atoms with Crippen LogP contribution in [0.2, 0.25) is 0 Å². The van der Waals surface area contributed by atoms with Crippen LogP contribution >= 0.6 is 0 Å². The third kappa shape index (κ3) is 7.04. The van der Waals surface area contributed by atoms with Crippen molar-refractivity contribution in [3.8, 4) is 29.1 Å². The number of benzene rings is 3. The third-order valence-electron chi connectivity index (χ3n) is 5.39. The SMILES string of the molecule is CCCOc1ccc(OC(=O)c2ccc(C#Cc3c(F)c(F)c(OC[C@@H](C)CC)c(F)c3F)cc2)cc1. The Kier molecular flexibility index (Phi) is 9.56. The van der Waals surface area contributed by atoms with Crippen LogP contribution < -0.4 is 14.2 Å². The Balaban J connectivity index is 1.72. The number of esters is 1. The van der Waals surface area contributed by atoms with Crippen LogP contribution in [-0.4, -0.2) is 19.2 Å². The summed E-state index contributed by atoms with van der Waals surface area (Å²) in [6.45, 7) is 6.09. The number of halogens is 4. The van der Waals surface area contributed by atoms with Crippen molar-refractivity contribution in [2.75, 3.05) is 13.2 Å². The molecule has 8 heteroatoms. The smallest absolute Gasteiger partial charge is 0.343 e. The van der Waals surface area contributed by atoms with Gasteiger partial charge in [0.05, 0.1) is 18.8 Å². The third-order valence-corrected chi connectivity index (χ3v) is 5.39. The summed E-state index contributed by atoms with van der Waals surface area (Å²) in [5.41, 5.74) is -0.597. The first-order chi connectivity index (χ1) is 17.7. The van der Waals surface area contributed by atoms with E-state index in [9.17, 15) is 22.4 Å². The van der Waals surface area contributed by atoms with Crippen LogP contribution in [0, 0.1) is 41.0 Å². The summed E-state index contributed by atoms with van der Waals surface area (Å²) in [4.78, 5) is 12.4. The van der Waals surface area contributed by atoms with Crippen molar-refractivity contribution in [3.05, 3.63) is 88.5 Å². The lowest BCUT2D eigenvalue weighted by molar-refractivity contribution is 0.0734. The number of hydrogen-bond donors (Lipinski definition) is 0. The number of carbonyl (C=O) groups is 1. The van der Waals surface area contributed by atoms with Gasteiger partial charge in [0.15, 0.2) is 17.4 Å². The molecule has 0 saturated heterocycles. The van der Waals surface area contributed by atoms with Crippen LogP contribution in [0.4, 0.5) is 17.6 Å². The Morgan fingerprint density at radius 1 is 0.811 bits per heavy atom. The molecule has 3 aromatic rings. The Hall–Kier alpha value is -3.99. The van der Waals surface area contributed by atoms with E-state index in [0.29, 0.717) is 24.5 Å². The second kappa shape index (κ2) is 12.8. The van der Waals surface area contributed by atoms with E-state index in [1.165, 1.54) is 24.3 Å². The molecule has 0 aliphatic heterocycles. The average molecular weight is 515 g/mol. The maximum atomic E-state index is 14.4. The highest BCUT2D eigenvalue weighted by atomic mass is 19.2. The van der Waals surface area contributed by atoms with Crippen LogP contribution in [-0.2, 0) is 0 Å². The molecule has 0 aromatic heterocycles. The molecular formula is C29H26F4O4. The molecule has 0 unspecified atom stereocenters. The molecule has 0 saturated carbocycles. The number of ether oxygens (including phenoxy) is 3. The van der Waals surface area contributed by atoms with Gasteiger partial charge in [-0.05, 0) is 60.9 Å². The van der Waals surface area contributed by atoms with Crippen LogP contribution in [0.5, 0.6) is 17.2 Å². The van der Waals surface area contributed by atoms with Gasteiger partial charge in [-0.3, -0.25) is 0 Å². The molecule has 0 radical (unpaired) electrons. The molecule has 1 atom stereocenters. The summed E-state index contributed by atoms with van der Waals surface area (Å²) in [7, 11) is 0. The highest BCUT2D eigenvalue weighted by Crippen LogP contribution is 2.30. The van der Waals surface area contributed by atoms with E-state index in [-0.39, 0.29) is 23.7 Å². The maximum absolute atomic E-state index is 14.4. The van der Waals surface area contributed by atoms with Gasteiger partial charge in [0, 0.05) is 5.56 Å². The molecule has 0 amide bonds. The zero-order valence-electron chi connectivity index (χ0n) is 20.7. The monoisotopic (exact) mass is 514 g/mol. The molecule has 0 N–H and O–H groups in total. The Labute approximate surface area is 213 Å². The summed E-state index contributed by atoms with van der Waals surface area (Å²) in [6.07, 6.45) is 1.53. The van der Waals surface area contributed by atoms with Gasteiger partial charge in [-0.15, -0.1) is 0 Å². The summed E-state index contributed by atoms with van der Waals surface area (Å²) < 4.78 is 73.3. The van der Waals surface area contributed by atoms with Crippen LogP contribution in [0.25, 0.3) is 0 Å². The minimum atomic E-state index is -1.64. The van der Waals surface area contributed by atoms with Gasteiger partial charge in [0.25, 0.3) is 0 Å². The zero-order valence-corrected chi connectivity index (χ0v) is 20.7. The lowest BCUT2D eigenvalue weighted by atomic mass is 10.1.